The van der Waals surface area contributed by atoms with Gasteiger partial charge < -0.3 is 10.5 Å². The van der Waals surface area contributed by atoms with Gasteiger partial charge in [-0.1, -0.05) is 0 Å². The fourth-order valence-corrected chi connectivity index (χ4v) is 1.44. The minimum atomic E-state index is 0.159. The van der Waals surface area contributed by atoms with Crippen LogP contribution in [0.2, 0.25) is 0 Å². The molecule has 2 N–H and O–H groups in total. The normalized spacial score (nSPS) is 10.3. The van der Waals surface area contributed by atoms with Crippen LogP contribution in [0.4, 0.5) is 5.95 Å². The van der Waals surface area contributed by atoms with Gasteiger partial charge in [0.05, 0.1) is 19.5 Å². The predicted molar refractivity (Wildman–Crippen MR) is 55.6 cm³/mol. The standard InChI is InChI=1S/C7H7BrN6O/c1-15-5-3-10-2-4(11-5)14-6(8)12-7(9)13-14/h2-3H,1H3,(H2,9,13). The average molecular weight is 271 g/mol. The maximum Gasteiger partial charge on any atom is 0.240 e. The van der Waals surface area contributed by atoms with Crippen LogP contribution in [0.15, 0.2) is 17.1 Å². The van der Waals surface area contributed by atoms with E-state index in [4.69, 9.17) is 10.5 Å². The quantitative estimate of drug-likeness (QED) is 0.850. The van der Waals surface area contributed by atoms with Crippen LogP contribution in [-0.2, 0) is 0 Å². The molecule has 0 aliphatic rings. The number of nitrogen functional groups attached to an aromatic ring is 1. The summed E-state index contributed by atoms with van der Waals surface area (Å²) in [4.78, 5) is 12.0. The zero-order valence-electron chi connectivity index (χ0n) is 7.75. The topological polar surface area (TPSA) is 91.7 Å². The molecule has 2 aromatic heterocycles. The average Bonchev–Trinajstić information content (AvgIpc) is 2.58. The van der Waals surface area contributed by atoms with E-state index in [9.17, 15) is 0 Å². The highest BCUT2D eigenvalue weighted by Crippen LogP contribution is 2.14. The number of hydrogen-bond donors (Lipinski definition) is 1. The number of rotatable bonds is 2. The Morgan fingerprint density at radius 3 is 2.80 bits per heavy atom. The van der Waals surface area contributed by atoms with Crippen molar-refractivity contribution in [2.45, 2.75) is 0 Å². The Balaban J connectivity index is 2.49. The minimum absolute atomic E-state index is 0.159. The van der Waals surface area contributed by atoms with Gasteiger partial charge in [-0.05, 0) is 15.9 Å². The number of halogens is 1. The summed E-state index contributed by atoms with van der Waals surface area (Å²) in [6.07, 6.45) is 3.03. The van der Waals surface area contributed by atoms with E-state index in [1.165, 1.54) is 24.2 Å². The molecular weight excluding hydrogens is 264 g/mol. The molecule has 0 fully saturated rings. The Morgan fingerprint density at radius 2 is 2.20 bits per heavy atom. The molecular formula is C7H7BrN6O. The number of ether oxygens (including phenoxy) is 1. The molecule has 0 saturated heterocycles. The molecule has 0 bridgehead atoms. The highest BCUT2D eigenvalue weighted by atomic mass is 79.9. The first-order valence-electron chi connectivity index (χ1n) is 3.95. The zero-order valence-corrected chi connectivity index (χ0v) is 9.34. The molecule has 0 aliphatic carbocycles. The van der Waals surface area contributed by atoms with Crippen molar-refractivity contribution in [1.29, 1.82) is 0 Å². The van der Waals surface area contributed by atoms with E-state index in [-0.39, 0.29) is 5.95 Å². The molecule has 0 atom stereocenters. The van der Waals surface area contributed by atoms with Crippen LogP contribution in [-0.4, -0.2) is 31.8 Å². The second-order valence-corrected chi connectivity index (χ2v) is 3.28. The molecule has 0 spiro atoms. The van der Waals surface area contributed by atoms with E-state index >= 15 is 0 Å². The molecule has 0 aliphatic heterocycles. The monoisotopic (exact) mass is 270 g/mol. The van der Waals surface area contributed by atoms with Crippen LogP contribution < -0.4 is 10.5 Å². The molecule has 2 aromatic rings. The zero-order chi connectivity index (χ0) is 10.8. The molecule has 2 heterocycles. The van der Waals surface area contributed by atoms with Crippen molar-refractivity contribution in [3.05, 3.63) is 17.1 Å². The largest absolute Gasteiger partial charge is 0.480 e. The third-order valence-corrected chi connectivity index (χ3v) is 2.12. The molecule has 15 heavy (non-hydrogen) atoms. The van der Waals surface area contributed by atoms with E-state index in [0.29, 0.717) is 16.4 Å². The molecule has 7 nitrogen and oxygen atoms in total. The summed E-state index contributed by atoms with van der Waals surface area (Å²) in [5, 5.41) is 3.93. The van der Waals surface area contributed by atoms with Crippen LogP contribution in [0.1, 0.15) is 0 Å². The van der Waals surface area contributed by atoms with Gasteiger partial charge in [0.2, 0.25) is 16.6 Å². The lowest BCUT2D eigenvalue weighted by Crippen LogP contribution is -2.02. The van der Waals surface area contributed by atoms with Gasteiger partial charge in [-0.15, -0.1) is 5.10 Å². The smallest absolute Gasteiger partial charge is 0.240 e. The third kappa shape index (κ3) is 1.89. The lowest BCUT2D eigenvalue weighted by Gasteiger charge is -2.02. The SMILES string of the molecule is COc1cncc(-n2nc(N)nc2Br)n1. The molecule has 78 valence electrons. The number of nitrogens with two attached hydrogens (primary N) is 1. The molecule has 0 amide bonds. The summed E-state index contributed by atoms with van der Waals surface area (Å²) in [6, 6.07) is 0. The fourth-order valence-electron chi connectivity index (χ4n) is 0.992. The number of hydrogen-bond acceptors (Lipinski definition) is 6. The van der Waals surface area contributed by atoms with E-state index in [0.717, 1.165) is 0 Å². The highest BCUT2D eigenvalue weighted by Gasteiger charge is 2.09. The van der Waals surface area contributed by atoms with Gasteiger partial charge in [-0.3, -0.25) is 4.98 Å². The van der Waals surface area contributed by atoms with E-state index in [1.807, 2.05) is 0 Å². The molecule has 0 aromatic carbocycles. The van der Waals surface area contributed by atoms with Crippen molar-refractivity contribution in [3.8, 4) is 11.7 Å². The Kier molecular flexibility index (Phi) is 2.50. The van der Waals surface area contributed by atoms with Crippen molar-refractivity contribution in [2.24, 2.45) is 0 Å². The van der Waals surface area contributed by atoms with Crippen molar-refractivity contribution in [2.75, 3.05) is 12.8 Å². The fraction of sp³-hybridized carbons (Fsp3) is 0.143. The third-order valence-electron chi connectivity index (χ3n) is 1.61. The summed E-state index contributed by atoms with van der Waals surface area (Å²) < 4.78 is 6.82. The van der Waals surface area contributed by atoms with Crippen LogP contribution in [0.25, 0.3) is 5.82 Å². The van der Waals surface area contributed by atoms with E-state index in [2.05, 4.69) is 36.0 Å². The number of anilines is 1. The second kappa shape index (κ2) is 3.81. The van der Waals surface area contributed by atoms with Crippen LogP contribution in [0.3, 0.4) is 0 Å². The van der Waals surface area contributed by atoms with Gasteiger partial charge in [0.25, 0.3) is 0 Å². The van der Waals surface area contributed by atoms with Crippen LogP contribution in [0, 0.1) is 0 Å². The first-order valence-corrected chi connectivity index (χ1v) is 4.74. The van der Waals surface area contributed by atoms with Crippen molar-refractivity contribution in [3.63, 3.8) is 0 Å². The first kappa shape index (κ1) is 9.84. The maximum atomic E-state index is 5.43. The Hall–Kier alpha value is -1.70. The van der Waals surface area contributed by atoms with Crippen LogP contribution >= 0.6 is 15.9 Å². The minimum Gasteiger partial charge on any atom is -0.480 e. The van der Waals surface area contributed by atoms with Crippen molar-refractivity contribution in [1.82, 2.24) is 24.7 Å². The number of nitrogens with zero attached hydrogens (tertiary/aromatic N) is 5. The molecule has 0 unspecified atom stereocenters. The first-order chi connectivity index (χ1) is 7.20. The van der Waals surface area contributed by atoms with Crippen molar-refractivity contribution >= 4 is 21.9 Å². The van der Waals surface area contributed by atoms with Gasteiger partial charge in [0, 0.05) is 0 Å². The van der Waals surface area contributed by atoms with Gasteiger partial charge >= 0.3 is 0 Å². The summed E-state index contributed by atoms with van der Waals surface area (Å²) >= 11 is 3.20. The molecule has 0 saturated carbocycles. The molecule has 2 rings (SSSR count). The van der Waals surface area contributed by atoms with Gasteiger partial charge in [-0.2, -0.15) is 14.6 Å². The second-order valence-electron chi connectivity index (χ2n) is 2.57. The lowest BCUT2D eigenvalue weighted by molar-refractivity contribution is 0.394. The summed E-state index contributed by atoms with van der Waals surface area (Å²) in [5.41, 5.74) is 5.43. The van der Waals surface area contributed by atoms with Crippen molar-refractivity contribution < 1.29 is 4.74 Å². The van der Waals surface area contributed by atoms with Crippen LogP contribution in [0.5, 0.6) is 5.88 Å². The van der Waals surface area contributed by atoms with Gasteiger partial charge in [-0.25, -0.2) is 0 Å². The Bertz CT molecular complexity index is 484. The molecule has 8 heteroatoms. The van der Waals surface area contributed by atoms with Gasteiger partial charge in [0.15, 0.2) is 5.82 Å². The van der Waals surface area contributed by atoms with E-state index in [1.54, 1.807) is 0 Å². The predicted octanol–water partition coefficient (Wildman–Crippen LogP) is 0.411. The molecule has 0 radical (unpaired) electrons. The van der Waals surface area contributed by atoms with Gasteiger partial charge in [0.1, 0.15) is 0 Å². The Morgan fingerprint density at radius 1 is 1.40 bits per heavy atom. The Labute approximate surface area is 93.4 Å². The highest BCUT2D eigenvalue weighted by molar-refractivity contribution is 9.10. The number of methoxy groups -OCH3 is 1. The maximum absolute atomic E-state index is 5.43. The summed E-state index contributed by atoms with van der Waals surface area (Å²) in [6.45, 7) is 0. The summed E-state index contributed by atoms with van der Waals surface area (Å²) in [7, 11) is 1.51. The van der Waals surface area contributed by atoms with E-state index < -0.39 is 0 Å². The summed E-state index contributed by atoms with van der Waals surface area (Å²) in [5.74, 6) is 1.03. The number of aromatic nitrogens is 5. The lowest BCUT2D eigenvalue weighted by atomic mass is 10.6.